The van der Waals surface area contributed by atoms with Crippen molar-refractivity contribution in [2.45, 2.75) is 19.9 Å². The van der Waals surface area contributed by atoms with E-state index in [-0.39, 0.29) is 18.5 Å². The molecule has 0 spiro atoms. The maximum Gasteiger partial charge on any atom is 0.325 e. The van der Waals surface area contributed by atoms with Crippen LogP contribution in [0.25, 0.3) is 11.0 Å². The van der Waals surface area contributed by atoms with Gasteiger partial charge in [0.05, 0.1) is 19.2 Å². The Morgan fingerprint density at radius 1 is 1.47 bits per heavy atom. The molecule has 2 aromatic rings. The second kappa shape index (κ2) is 5.60. The average Bonchev–Trinajstić information content (AvgIpc) is 2.73. The number of para-hydroxylation sites is 1. The van der Waals surface area contributed by atoms with Crippen LogP contribution in [0.15, 0.2) is 18.2 Å². The zero-order valence-corrected chi connectivity index (χ0v) is 11.0. The number of hydrogen-bond donors (Lipinski definition) is 1. The summed E-state index contributed by atoms with van der Waals surface area (Å²) in [7, 11) is 1.34. The summed E-state index contributed by atoms with van der Waals surface area (Å²) in [5.74, 6) is 0.577. The van der Waals surface area contributed by atoms with Crippen LogP contribution in [-0.4, -0.2) is 29.2 Å². The minimum Gasteiger partial charge on any atom is -0.491 e. The van der Waals surface area contributed by atoms with E-state index in [1.54, 1.807) is 4.57 Å². The lowest BCUT2D eigenvalue weighted by molar-refractivity contribution is -0.141. The maximum absolute atomic E-state index is 11.4. The Hall–Kier alpha value is -2.24. The molecular formula is C13H17N3O3. The number of anilines is 1. The molecule has 0 unspecified atom stereocenters. The number of hydrogen-bond acceptors (Lipinski definition) is 5. The van der Waals surface area contributed by atoms with Crippen molar-refractivity contribution in [3.63, 3.8) is 0 Å². The van der Waals surface area contributed by atoms with Crippen LogP contribution in [0.4, 0.5) is 5.95 Å². The van der Waals surface area contributed by atoms with Crippen molar-refractivity contribution in [2.75, 3.05) is 19.5 Å². The van der Waals surface area contributed by atoms with Crippen molar-refractivity contribution >= 4 is 23.0 Å². The Morgan fingerprint density at radius 2 is 2.26 bits per heavy atom. The third-order valence-electron chi connectivity index (χ3n) is 2.75. The van der Waals surface area contributed by atoms with E-state index in [0.717, 1.165) is 11.9 Å². The Labute approximate surface area is 111 Å². The molecule has 0 radical (unpaired) electrons. The van der Waals surface area contributed by atoms with E-state index in [0.29, 0.717) is 17.9 Å². The molecule has 1 heterocycles. The third-order valence-corrected chi connectivity index (χ3v) is 2.75. The smallest absolute Gasteiger partial charge is 0.325 e. The number of nitrogens with two attached hydrogens (primary N) is 1. The molecule has 0 aliphatic carbocycles. The van der Waals surface area contributed by atoms with Gasteiger partial charge in [-0.2, -0.15) is 0 Å². The van der Waals surface area contributed by atoms with E-state index >= 15 is 0 Å². The Bertz CT molecular complexity index is 592. The topological polar surface area (TPSA) is 79.4 Å². The monoisotopic (exact) mass is 263 g/mol. The van der Waals surface area contributed by atoms with Gasteiger partial charge in [-0.05, 0) is 18.6 Å². The van der Waals surface area contributed by atoms with Gasteiger partial charge in [-0.1, -0.05) is 13.0 Å². The molecular weight excluding hydrogens is 246 g/mol. The van der Waals surface area contributed by atoms with Crippen molar-refractivity contribution in [2.24, 2.45) is 0 Å². The molecule has 0 atom stereocenters. The number of imidazole rings is 1. The van der Waals surface area contributed by atoms with Crippen LogP contribution in [0.5, 0.6) is 5.75 Å². The van der Waals surface area contributed by atoms with E-state index in [4.69, 9.17) is 10.5 Å². The van der Waals surface area contributed by atoms with Crippen molar-refractivity contribution in [3.05, 3.63) is 18.2 Å². The molecule has 0 fully saturated rings. The minimum atomic E-state index is -0.370. The fraction of sp³-hybridized carbons (Fsp3) is 0.385. The highest BCUT2D eigenvalue weighted by atomic mass is 16.5. The molecule has 102 valence electrons. The SMILES string of the molecule is CCCOc1cccc2c1nc(N)n2CC(=O)OC. The summed E-state index contributed by atoms with van der Waals surface area (Å²) in [6.45, 7) is 2.68. The minimum absolute atomic E-state index is 0.0378. The molecule has 0 aliphatic rings. The van der Waals surface area contributed by atoms with Crippen molar-refractivity contribution in [1.29, 1.82) is 0 Å². The van der Waals surface area contributed by atoms with E-state index in [9.17, 15) is 4.79 Å². The largest absolute Gasteiger partial charge is 0.491 e. The lowest BCUT2D eigenvalue weighted by Gasteiger charge is -2.06. The first-order chi connectivity index (χ1) is 9.17. The molecule has 2 rings (SSSR count). The van der Waals surface area contributed by atoms with E-state index in [1.807, 2.05) is 25.1 Å². The zero-order valence-electron chi connectivity index (χ0n) is 11.0. The first kappa shape index (κ1) is 13.2. The summed E-state index contributed by atoms with van der Waals surface area (Å²) in [4.78, 5) is 15.6. The number of fused-ring (bicyclic) bond motifs is 1. The first-order valence-electron chi connectivity index (χ1n) is 6.11. The molecule has 0 saturated carbocycles. The summed E-state index contributed by atoms with van der Waals surface area (Å²) < 4.78 is 11.9. The lowest BCUT2D eigenvalue weighted by atomic mass is 10.3. The van der Waals surface area contributed by atoms with Crippen LogP contribution in [0, 0.1) is 0 Å². The Balaban J connectivity index is 2.43. The molecule has 19 heavy (non-hydrogen) atoms. The van der Waals surface area contributed by atoms with Gasteiger partial charge in [0.25, 0.3) is 0 Å². The lowest BCUT2D eigenvalue weighted by Crippen LogP contribution is -2.13. The van der Waals surface area contributed by atoms with Crippen LogP contribution in [0.2, 0.25) is 0 Å². The summed E-state index contributed by atoms with van der Waals surface area (Å²) in [5.41, 5.74) is 7.27. The van der Waals surface area contributed by atoms with E-state index in [2.05, 4.69) is 9.72 Å². The average molecular weight is 263 g/mol. The number of rotatable bonds is 5. The molecule has 1 aromatic carbocycles. The second-order valence-electron chi connectivity index (χ2n) is 4.10. The molecule has 0 saturated heterocycles. The molecule has 1 aromatic heterocycles. The fourth-order valence-corrected chi connectivity index (χ4v) is 1.83. The van der Waals surface area contributed by atoms with Crippen molar-refractivity contribution in [3.8, 4) is 5.75 Å². The van der Waals surface area contributed by atoms with Gasteiger partial charge < -0.3 is 15.2 Å². The quantitative estimate of drug-likeness (QED) is 0.828. The fourth-order valence-electron chi connectivity index (χ4n) is 1.83. The van der Waals surface area contributed by atoms with Gasteiger partial charge in [0.15, 0.2) is 0 Å². The molecule has 2 N–H and O–H groups in total. The normalized spacial score (nSPS) is 10.6. The standard InChI is InChI=1S/C13H17N3O3/c1-3-7-19-10-6-4-5-9-12(10)15-13(14)16(9)8-11(17)18-2/h4-6H,3,7-8H2,1-2H3,(H2,14,15). The van der Waals surface area contributed by atoms with Gasteiger partial charge >= 0.3 is 5.97 Å². The number of esters is 1. The molecule has 6 nitrogen and oxygen atoms in total. The number of carbonyl (C=O) groups is 1. The number of carbonyl (C=O) groups excluding carboxylic acids is 1. The Morgan fingerprint density at radius 3 is 2.95 bits per heavy atom. The highest BCUT2D eigenvalue weighted by Gasteiger charge is 2.14. The number of ether oxygens (including phenoxy) is 2. The summed E-state index contributed by atoms with van der Waals surface area (Å²) in [6.07, 6.45) is 0.911. The van der Waals surface area contributed by atoms with Crippen LogP contribution >= 0.6 is 0 Å². The van der Waals surface area contributed by atoms with Gasteiger partial charge in [-0.25, -0.2) is 4.98 Å². The second-order valence-corrected chi connectivity index (χ2v) is 4.10. The number of benzene rings is 1. The number of nitrogen functional groups attached to an aromatic ring is 1. The highest BCUT2D eigenvalue weighted by Crippen LogP contribution is 2.27. The first-order valence-corrected chi connectivity index (χ1v) is 6.11. The molecule has 0 bridgehead atoms. The predicted octanol–water partition coefficient (Wildman–Crippen LogP) is 1.58. The molecule has 0 aliphatic heterocycles. The van der Waals surface area contributed by atoms with Crippen molar-refractivity contribution in [1.82, 2.24) is 9.55 Å². The predicted molar refractivity (Wildman–Crippen MR) is 71.9 cm³/mol. The van der Waals surface area contributed by atoms with Gasteiger partial charge in [0.1, 0.15) is 17.8 Å². The Kier molecular flexibility index (Phi) is 3.89. The van der Waals surface area contributed by atoms with E-state index < -0.39 is 0 Å². The highest BCUT2D eigenvalue weighted by molar-refractivity contribution is 5.85. The summed E-state index contributed by atoms with van der Waals surface area (Å²) in [5, 5.41) is 0. The number of nitrogens with zero attached hydrogens (tertiary/aromatic N) is 2. The van der Waals surface area contributed by atoms with Crippen LogP contribution in [0.1, 0.15) is 13.3 Å². The summed E-state index contributed by atoms with van der Waals surface area (Å²) >= 11 is 0. The van der Waals surface area contributed by atoms with Gasteiger partial charge in [0.2, 0.25) is 5.95 Å². The molecule has 0 amide bonds. The van der Waals surface area contributed by atoms with Crippen molar-refractivity contribution < 1.29 is 14.3 Å². The third kappa shape index (κ3) is 2.62. The number of methoxy groups -OCH3 is 1. The van der Waals surface area contributed by atoms with Gasteiger partial charge in [-0.3, -0.25) is 9.36 Å². The van der Waals surface area contributed by atoms with Crippen LogP contribution in [0.3, 0.4) is 0 Å². The zero-order chi connectivity index (χ0) is 13.8. The van der Waals surface area contributed by atoms with Crippen LogP contribution < -0.4 is 10.5 Å². The molecule has 6 heteroatoms. The summed E-state index contributed by atoms with van der Waals surface area (Å²) in [6, 6.07) is 5.54. The van der Waals surface area contributed by atoms with E-state index in [1.165, 1.54) is 7.11 Å². The maximum atomic E-state index is 11.4. The van der Waals surface area contributed by atoms with Gasteiger partial charge in [-0.15, -0.1) is 0 Å². The van der Waals surface area contributed by atoms with Crippen LogP contribution in [-0.2, 0) is 16.1 Å². The number of aromatic nitrogens is 2. The van der Waals surface area contributed by atoms with Gasteiger partial charge in [0, 0.05) is 0 Å².